The van der Waals surface area contributed by atoms with Crippen LogP contribution in [0, 0.1) is 0 Å². The lowest BCUT2D eigenvalue weighted by Gasteiger charge is -2.26. The molecule has 2 rings (SSSR count). The maximum atomic E-state index is 12.8. The first kappa shape index (κ1) is 22.4. The summed E-state index contributed by atoms with van der Waals surface area (Å²) in [7, 11) is 1.44. The first-order valence-corrected chi connectivity index (χ1v) is 9.53. The summed E-state index contributed by atoms with van der Waals surface area (Å²) in [5.41, 5.74) is 1.03. The minimum absolute atomic E-state index is 0.0814. The van der Waals surface area contributed by atoms with Crippen molar-refractivity contribution >= 4 is 23.9 Å². The Hall–Kier alpha value is -2.94. The first-order valence-electron chi connectivity index (χ1n) is 9.53. The third kappa shape index (κ3) is 5.54. The Labute approximate surface area is 169 Å². The molecule has 1 aromatic rings. The van der Waals surface area contributed by atoms with Gasteiger partial charge in [-0.25, -0.2) is 14.5 Å². The number of carbonyl (C=O) groups excluding carboxylic acids is 3. The Morgan fingerprint density at radius 3 is 2.52 bits per heavy atom. The van der Waals surface area contributed by atoms with Crippen molar-refractivity contribution in [2.45, 2.75) is 44.8 Å². The Morgan fingerprint density at radius 1 is 1.28 bits per heavy atom. The van der Waals surface area contributed by atoms with Crippen LogP contribution in [0.3, 0.4) is 0 Å². The van der Waals surface area contributed by atoms with Gasteiger partial charge in [0.15, 0.2) is 6.04 Å². The molecule has 0 saturated carbocycles. The van der Waals surface area contributed by atoms with Crippen molar-refractivity contribution in [3.05, 3.63) is 35.9 Å². The number of nitrogens with one attached hydrogen (secondary N) is 1. The third-order valence-electron chi connectivity index (χ3n) is 4.77. The van der Waals surface area contributed by atoms with Gasteiger partial charge in [0.05, 0.1) is 19.2 Å². The molecule has 1 fully saturated rings. The number of carbonyl (C=O) groups is 4. The third-order valence-corrected chi connectivity index (χ3v) is 4.77. The van der Waals surface area contributed by atoms with Crippen LogP contribution in [-0.2, 0) is 25.5 Å². The molecule has 1 aromatic carbocycles. The van der Waals surface area contributed by atoms with E-state index in [0.29, 0.717) is 12.8 Å². The molecule has 1 heterocycles. The largest absolute Gasteiger partial charge is 0.480 e. The zero-order chi connectivity index (χ0) is 21.6. The number of carboxylic acid groups (broad SMARTS) is 1. The van der Waals surface area contributed by atoms with Gasteiger partial charge in [0.25, 0.3) is 0 Å². The quantitative estimate of drug-likeness (QED) is 0.586. The number of aryl methyl sites for hydroxylation is 1. The maximum Gasteiger partial charge on any atom is 0.328 e. The maximum absolute atomic E-state index is 12.8. The van der Waals surface area contributed by atoms with Gasteiger partial charge in [0.2, 0.25) is 5.91 Å². The van der Waals surface area contributed by atoms with Crippen LogP contribution in [0.15, 0.2) is 30.3 Å². The molecule has 1 aliphatic rings. The fraction of sp³-hybridized carbons (Fsp3) is 0.500. The lowest BCUT2D eigenvalue weighted by Crippen LogP contribution is -2.54. The van der Waals surface area contributed by atoms with Crippen LogP contribution in [0.25, 0.3) is 0 Å². The van der Waals surface area contributed by atoms with Crippen LogP contribution in [0.2, 0.25) is 0 Å². The molecule has 1 aliphatic heterocycles. The normalized spacial score (nSPS) is 18.4. The minimum atomic E-state index is -1.26. The molecular weight excluding hydrogens is 378 g/mol. The number of urea groups is 1. The number of likely N-dealkylation sites (N-methyl/N-ethyl adjacent to an activating group) is 1. The number of rotatable bonds is 9. The average molecular weight is 405 g/mol. The fourth-order valence-corrected chi connectivity index (χ4v) is 3.22. The minimum Gasteiger partial charge on any atom is -0.480 e. The van der Waals surface area contributed by atoms with Crippen LogP contribution in [0.1, 0.15) is 25.8 Å². The standard InChI is InChI=1S/C20H27N3O6/c1-4-29-19(27)15(11-10-14-8-6-5-7-9-14)21-13(2)17(24)23-16(18(25)26)12-22(3)20(23)28/h5-9,13,15-16,21H,4,10-12H2,1-3H3,(H,25,26)/t13?,15-,16-/m0/s1. The van der Waals surface area contributed by atoms with E-state index in [9.17, 15) is 24.3 Å². The number of benzene rings is 1. The summed E-state index contributed by atoms with van der Waals surface area (Å²) in [6, 6.07) is 5.92. The monoisotopic (exact) mass is 405 g/mol. The summed E-state index contributed by atoms with van der Waals surface area (Å²) in [5.74, 6) is -2.45. The number of imide groups is 1. The first-order chi connectivity index (χ1) is 13.8. The van der Waals surface area contributed by atoms with Crippen LogP contribution in [-0.4, -0.2) is 77.1 Å². The zero-order valence-electron chi connectivity index (χ0n) is 16.8. The molecule has 158 valence electrons. The van der Waals surface area contributed by atoms with Crippen LogP contribution in [0.4, 0.5) is 4.79 Å². The Kier molecular flexibility index (Phi) is 7.72. The van der Waals surface area contributed by atoms with Gasteiger partial charge in [0, 0.05) is 7.05 Å². The molecule has 0 aromatic heterocycles. The summed E-state index contributed by atoms with van der Waals surface area (Å²) >= 11 is 0. The lowest BCUT2D eigenvalue weighted by atomic mass is 10.0. The van der Waals surface area contributed by atoms with Gasteiger partial charge < -0.3 is 14.7 Å². The van der Waals surface area contributed by atoms with E-state index in [-0.39, 0.29) is 13.2 Å². The van der Waals surface area contributed by atoms with Crippen LogP contribution >= 0.6 is 0 Å². The summed E-state index contributed by atoms with van der Waals surface area (Å²) in [6.07, 6.45) is 0.970. The number of amides is 3. The van der Waals surface area contributed by atoms with Crippen molar-refractivity contribution in [2.75, 3.05) is 20.2 Å². The van der Waals surface area contributed by atoms with Gasteiger partial charge in [-0.1, -0.05) is 30.3 Å². The summed E-state index contributed by atoms with van der Waals surface area (Å²) in [5, 5.41) is 12.2. The van der Waals surface area contributed by atoms with Crippen molar-refractivity contribution in [1.82, 2.24) is 15.1 Å². The number of nitrogens with zero attached hydrogens (tertiary/aromatic N) is 2. The van der Waals surface area contributed by atoms with E-state index < -0.39 is 42.0 Å². The highest BCUT2D eigenvalue weighted by Crippen LogP contribution is 2.17. The molecule has 1 saturated heterocycles. The SMILES string of the molecule is CCOC(=O)[C@H](CCc1ccccc1)NC(C)C(=O)N1C(=O)N(C)C[C@H]1C(=O)O. The van der Waals surface area contributed by atoms with Crippen molar-refractivity contribution in [2.24, 2.45) is 0 Å². The highest BCUT2D eigenvalue weighted by atomic mass is 16.5. The second kappa shape index (κ2) is 10.0. The van der Waals surface area contributed by atoms with E-state index in [1.165, 1.54) is 18.9 Å². The van der Waals surface area contributed by atoms with E-state index in [2.05, 4.69) is 5.32 Å². The Morgan fingerprint density at radius 2 is 1.93 bits per heavy atom. The van der Waals surface area contributed by atoms with Crippen molar-refractivity contribution < 1.29 is 29.0 Å². The molecule has 3 amide bonds. The fourth-order valence-electron chi connectivity index (χ4n) is 3.22. The van der Waals surface area contributed by atoms with E-state index in [4.69, 9.17) is 4.74 Å². The smallest absolute Gasteiger partial charge is 0.328 e. The van der Waals surface area contributed by atoms with E-state index in [1.54, 1.807) is 6.92 Å². The molecule has 9 heteroatoms. The molecule has 1 unspecified atom stereocenters. The van der Waals surface area contributed by atoms with Gasteiger partial charge in [0.1, 0.15) is 6.04 Å². The second-order valence-electron chi connectivity index (χ2n) is 6.94. The van der Waals surface area contributed by atoms with E-state index in [0.717, 1.165) is 10.5 Å². The molecule has 2 N–H and O–H groups in total. The molecule has 0 radical (unpaired) electrons. The van der Waals surface area contributed by atoms with E-state index >= 15 is 0 Å². The van der Waals surface area contributed by atoms with Gasteiger partial charge in [-0.15, -0.1) is 0 Å². The molecular formula is C20H27N3O6. The average Bonchev–Trinajstić information content (AvgIpc) is 3.00. The highest BCUT2D eigenvalue weighted by molar-refractivity contribution is 6.02. The topological polar surface area (TPSA) is 116 Å². The van der Waals surface area contributed by atoms with Crippen LogP contribution < -0.4 is 5.32 Å². The van der Waals surface area contributed by atoms with Gasteiger partial charge in [-0.3, -0.25) is 14.9 Å². The summed E-state index contributed by atoms with van der Waals surface area (Å²) in [6.45, 7) is 3.31. The van der Waals surface area contributed by atoms with Crippen LogP contribution in [0.5, 0.6) is 0 Å². The summed E-state index contributed by atoms with van der Waals surface area (Å²) < 4.78 is 5.10. The molecule has 29 heavy (non-hydrogen) atoms. The molecule has 0 bridgehead atoms. The Balaban J connectivity index is 2.09. The number of aliphatic carboxylic acids is 1. The number of ether oxygens (including phenoxy) is 1. The molecule has 9 nitrogen and oxygen atoms in total. The van der Waals surface area contributed by atoms with Gasteiger partial charge >= 0.3 is 18.0 Å². The van der Waals surface area contributed by atoms with Gasteiger partial charge in [-0.2, -0.15) is 0 Å². The van der Waals surface area contributed by atoms with Gasteiger partial charge in [-0.05, 0) is 32.3 Å². The number of hydrogen-bond donors (Lipinski definition) is 2. The van der Waals surface area contributed by atoms with Crippen molar-refractivity contribution in [3.8, 4) is 0 Å². The lowest BCUT2D eigenvalue weighted by molar-refractivity contribution is -0.148. The highest BCUT2D eigenvalue weighted by Gasteiger charge is 2.45. The van der Waals surface area contributed by atoms with Crippen molar-refractivity contribution in [1.29, 1.82) is 0 Å². The number of carboxylic acids is 1. The Bertz CT molecular complexity index is 754. The molecule has 0 spiro atoms. The second-order valence-corrected chi connectivity index (χ2v) is 6.94. The molecule has 0 aliphatic carbocycles. The predicted octanol–water partition coefficient (Wildman–Crippen LogP) is 0.876. The molecule has 3 atom stereocenters. The number of esters is 1. The van der Waals surface area contributed by atoms with Crippen molar-refractivity contribution in [3.63, 3.8) is 0 Å². The zero-order valence-corrected chi connectivity index (χ0v) is 16.8. The van der Waals surface area contributed by atoms with E-state index in [1.807, 2.05) is 30.3 Å². The summed E-state index contributed by atoms with van der Waals surface area (Å²) in [4.78, 5) is 50.8. The number of hydrogen-bond acceptors (Lipinski definition) is 6. The predicted molar refractivity (Wildman–Crippen MR) is 104 cm³/mol.